The van der Waals surface area contributed by atoms with E-state index in [0.717, 1.165) is 17.3 Å². The first-order valence-corrected chi connectivity index (χ1v) is 10.7. The molecule has 2 aromatic rings. The Bertz CT molecular complexity index is 934. The molecule has 2 aromatic carbocycles. The number of amides is 1. The van der Waals surface area contributed by atoms with Gasteiger partial charge in [-0.1, -0.05) is 40.0 Å². The van der Waals surface area contributed by atoms with Crippen LogP contribution in [-0.2, 0) is 16.4 Å². The minimum atomic E-state index is -3.73. The standard InChI is InChI=1S/C20H21BrN2O3S/c1-3-13-22-27(25,26)19-6-4-5-17(14-19)20(24)23-15(2)7-8-16-9-11-18(21)12-10-16/h1,4-6,9-12,14-15,22H,7-8,13H2,2H3,(H,23,24). The number of benzene rings is 2. The van der Waals surface area contributed by atoms with E-state index >= 15 is 0 Å². The van der Waals surface area contributed by atoms with E-state index < -0.39 is 10.0 Å². The molecule has 2 rings (SSSR count). The lowest BCUT2D eigenvalue weighted by atomic mass is 10.1. The predicted molar refractivity (Wildman–Crippen MR) is 110 cm³/mol. The Kier molecular flexibility index (Phi) is 7.60. The van der Waals surface area contributed by atoms with Gasteiger partial charge in [-0.3, -0.25) is 4.79 Å². The number of nitrogens with one attached hydrogen (secondary N) is 2. The van der Waals surface area contributed by atoms with Crippen LogP contribution in [0.25, 0.3) is 0 Å². The van der Waals surface area contributed by atoms with Crippen molar-refractivity contribution < 1.29 is 13.2 Å². The van der Waals surface area contributed by atoms with Gasteiger partial charge >= 0.3 is 0 Å². The van der Waals surface area contributed by atoms with Gasteiger partial charge in [0.25, 0.3) is 5.91 Å². The van der Waals surface area contributed by atoms with Crippen molar-refractivity contribution in [3.8, 4) is 12.3 Å². The van der Waals surface area contributed by atoms with Gasteiger partial charge in [0, 0.05) is 16.1 Å². The third kappa shape index (κ3) is 6.51. The molecule has 2 N–H and O–H groups in total. The summed E-state index contributed by atoms with van der Waals surface area (Å²) in [6, 6.07) is 13.9. The maximum Gasteiger partial charge on any atom is 0.251 e. The van der Waals surface area contributed by atoms with Crippen LogP contribution in [0.3, 0.4) is 0 Å². The Morgan fingerprint density at radius 3 is 2.59 bits per heavy atom. The largest absolute Gasteiger partial charge is 0.350 e. The zero-order valence-corrected chi connectivity index (χ0v) is 17.3. The van der Waals surface area contributed by atoms with Crippen molar-refractivity contribution in [2.45, 2.75) is 30.7 Å². The van der Waals surface area contributed by atoms with Crippen LogP contribution in [0.15, 0.2) is 57.9 Å². The summed E-state index contributed by atoms with van der Waals surface area (Å²) in [6.45, 7) is 1.82. The summed E-state index contributed by atoms with van der Waals surface area (Å²) in [6.07, 6.45) is 6.69. The molecule has 0 heterocycles. The molecule has 1 amide bonds. The number of terminal acetylenes is 1. The topological polar surface area (TPSA) is 75.3 Å². The Morgan fingerprint density at radius 2 is 1.93 bits per heavy atom. The number of halogens is 1. The van der Waals surface area contributed by atoms with Gasteiger partial charge in [-0.25, -0.2) is 8.42 Å². The number of carbonyl (C=O) groups is 1. The Labute approximate surface area is 168 Å². The molecule has 0 aliphatic rings. The fraction of sp³-hybridized carbons (Fsp3) is 0.250. The van der Waals surface area contributed by atoms with E-state index in [1.807, 2.05) is 31.2 Å². The zero-order chi connectivity index (χ0) is 19.9. The summed E-state index contributed by atoms with van der Waals surface area (Å²) in [5.41, 5.74) is 1.47. The quantitative estimate of drug-likeness (QED) is 0.609. The molecule has 7 heteroatoms. The first kappa shape index (κ1) is 21.2. The maximum atomic E-state index is 12.4. The van der Waals surface area contributed by atoms with Crippen molar-refractivity contribution in [1.29, 1.82) is 0 Å². The smallest absolute Gasteiger partial charge is 0.251 e. The SMILES string of the molecule is C#CCNS(=O)(=O)c1cccc(C(=O)NC(C)CCc2ccc(Br)cc2)c1. The number of hydrogen-bond donors (Lipinski definition) is 2. The molecule has 0 aromatic heterocycles. The fourth-order valence-electron chi connectivity index (χ4n) is 2.44. The molecular formula is C20H21BrN2O3S. The van der Waals surface area contributed by atoms with Crippen LogP contribution in [0.4, 0.5) is 0 Å². The van der Waals surface area contributed by atoms with Gasteiger partial charge in [0.15, 0.2) is 0 Å². The van der Waals surface area contributed by atoms with E-state index in [1.54, 1.807) is 6.07 Å². The van der Waals surface area contributed by atoms with Gasteiger partial charge in [0.1, 0.15) is 0 Å². The number of carbonyl (C=O) groups excluding carboxylic acids is 1. The molecular weight excluding hydrogens is 428 g/mol. The highest BCUT2D eigenvalue weighted by Crippen LogP contribution is 2.14. The van der Waals surface area contributed by atoms with Crippen molar-refractivity contribution in [2.75, 3.05) is 6.54 Å². The average Bonchev–Trinajstić information content (AvgIpc) is 2.66. The maximum absolute atomic E-state index is 12.4. The monoisotopic (exact) mass is 448 g/mol. The molecule has 0 spiro atoms. The minimum Gasteiger partial charge on any atom is -0.350 e. The zero-order valence-electron chi connectivity index (χ0n) is 14.9. The molecule has 0 fully saturated rings. The molecule has 5 nitrogen and oxygen atoms in total. The number of rotatable bonds is 8. The molecule has 0 radical (unpaired) electrons. The van der Waals surface area contributed by atoms with Crippen molar-refractivity contribution >= 4 is 31.9 Å². The summed E-state index contributed by atoms with van der Waals surface area (Å²) in [5, 5.41) is 2.90. The third-order valence-electron chi connectivity index (χ3n) is 3.93. The van der Waals surface area contributed by atoms with Gasteiger partial charge in [-0.2, -0.15) is 4.72 Å². The second kappa shape index (κ2) is 9.70. The highest BCUT2D eigenvalue weighted by atomic mass is 79.9. The summed E-state index contributed by atoms with van der Waals surface area (Å²) in [5.74, 6) is 1.90. The highest BCUT2D eigenvalue weighted by Gasteiger charge is 2.16. The lowest BCUT2D eigenvalue weighted by Crippen LogP contribution is -2.33. The normalized spacial score (nSPS) is 12.2. The third-order valence-corrected chi connectivity index (χ3v) is 5.86. The van der Waals surface area contributed by atoms with Crippen LogP contribution in [0.1, 0.15) is 29.3 Å². The van der Waals surface area contributed by atoms with Crippen molar-refractivity contribution in [3.05, 3.63) is 64.1 Å². The van der Waals surface area contributed by atoms with Gasteiger partial charge in [0.2, 0.25) is 10.0 Å². The van der Waals surface area contributed by atoms with E-state index in [2.05, 4.69) is 31.9 Å². The molecule has 27 heavy (non-hydrogen) atoms. The van der Waals surface area contributed by atoms with Crippen molar-refractivity contribution in [3.63, 3.8) is 0 Å². The van der Waals surface area contributed by atoms with E-state index in [4.69, 9.17) is 6.42 Å². The Hall–Kier alpha value is -2.14. The predicted octanol–water partition coefficient (Wildman–Crippen LogP) is 3.11. The van der Waals surface area contributed by atoms with Crippen LogP contribution in [0.5, 0.6) is 0 Å². The summed E-state index contributed by atoms with van der Waals surface area (Å²) in [7, 11) is -3.73. The van der Waals surface area contributed by atoms with Crippen LogP contribution in [0, 0.1) is 12.3 Å². The molecule has 0 saturated carbocycles. The first-order chi connectivity index (χ1) is 12.8. The number of sulfonamides is 1. The number of hydrogen-bond acceptors (Lipinski definition) is 3. The van der Waals surface area contributed by atoms with Crippen LogP contribution in [-0.4, -0.2) is 26.9 Å². The highest BCUT2D eigenvalue weighted by molar-refractivity contribution is 9.10. The number of aryl methyl sites for hydroxylation is 1. The average molecular weight is 449 g/mol. The lowest BCUT2D eigenvalue weighted by Gasteiger charge is -2.14. The van der Waals surface area contributed by atoms with Gasteiger partial charge < -0.3 is 5.32 Å². The molecule has 0 saturated heterocycles. The van der Waals surface area contributed by atoms with Gasteiger partial charge in [-0.05, 0) is 55.7 Å². The first-order valence-electron chi connectivity index (χ1n) is 8.40. The second-order valence-electron chi connectivity index (χ2n) is 6.10. The van der Waals surface area contributed by atoms with Crippen molar-refractivity contribution in [1.82, 2.24) is 10.0 Å². The van der Waals surface area contributed by atoms with Crippen LogP contribution < -0.4 is 10.0 Å². The second-order valence-corrected chi connectivity index (χ2v) is 8.78. The summed E-state index contributed by atoms with van der Waals surface area (Å²) in [4.78, 5) is 12.4. The van der Waals surface area contributed by atoms with Crippen LogP contribution >= 0.6 is 15.9 Å². The lowest BCUT2D eigenvalue weighted by molar-refractivity contribution is 0.0938. The van der Waals surface area contributed by atoms with Gasteiger partial charge in [0.05, 0.1) is 11.4 Å². The molecule has 1 unspecified atom stereocenters. The van der Waals surface area contributed by atoms with E-state index in [9.17, 15) is 13.2 Å². The summed E-state index contributed by atoms with van der Waals surface area (Å²) < 4.78 is 27.6. The van der Waals surface area contributed by atoms with Gasteiger partial charge in [-0.15, -0.1) is 6.42 Å². The van der Waals surface area contributed by atoms with Crippen molar-refractivity contribution in [2.24, 2.45) is 0 Å². The molecule has 1 atom stereocenters. The van der Waals surface area contributed by atoms with E-state index in [1.165, 1.54) is 23.8 Å². The Morgan fingerprint density at radius 1 is 1.22 bits per heavy atom. The van der Waals surface area contributed by atoms with Crippen LogP contribution in [0.2, 0.25) is 0 Å². The molecule has 142 valence electrons. The minimum absolute atomic E-state index is 0.00733. The van der Waals surface area contributed by atoms with E-state index in [0.29, 0.717) is 0 Å². The van der Waals surface area contributed by atoms with E-state index in [-0.39, 0.29) is 29.0 Å². The molecule has 0 aliphatic heterocycles. The fourth-order valence-corrected chi connectivity index (χ4v) is 3.68. The Balaban J connectivity index is 1.98. The molecule has 0 aliphatic carbocycles. The summed E-state index contributed by atoms with van der Waals surface area (Å²) >= 11 is 3.40. The molecule has 0 bridgehead atoms.